The van der Waals surface area contributed by atoms with Crippen LogP contribution in [0.5, 0.6) is 5.88 Å². The fraction of sp³-hybridized carbons (Fsp3) is 0.625. The van der Waals surface area contributed by atoms with E-state index in [0.717, 1.165) is 50.4 Å². The van der Waals surface area contributed by atoms with Crippen molar-refractivity contribution in [3.05, 3.63) is 34.5 Å². The van der Waals surface area contributed by atoms with Gasteiger partial charge in [-0.2, -0.15) is 5.10 Å². The Morgan fingerprint density at radius 3 is 2.57 bits per heavy atom. The molecule has 35 heavy (non-hydrogen) atoms. The zero-order valence-corrected chi connectivity index (χ0v) is 20.3. The Balaban J connectivity index is 0.936. The van der Waals surface area contributed by atoms with Crippen LogP contribution in [-0.4, -0.2) is 74.7 Å². The molecule has 4 heterocycles. The van der Waals surface area contributed by atoms with Crippen molar-refractivity contribution in [2.45, 2.75) is 50.4 Å². The highest BCUT2D eigenvalue weighted by molar-refractivity contribution is 6.30. The topological polar surface area (TPSA) is 130 Å². The number of carbonyl (C=O) groups excluding carboxylic acids is 2. The molecule has 2 saturated heterocycles. The fourth-order valence-electron chi connectivity index (χ4n) is 5.74. The number of piperidine rings is 1. The maximum atomic E-state index is 13.0. The first kappa shape index (κ1) is 22.6. The lowest BCUT2D eigenvalue weighted by Gasteiger charge is -2.59. The van der Waals surface area contributed by atoms with Gasteiger partial charge in [-0.1, -0.05) is 11.6 Å². The van der Waals surface area contributed by atoms with E-state index in [4.69, 9.17) is 27.1 Å². The SMILES string of the molecule is NC(=O)c1cc(Cl)cnc1OCC1CCN(C(=O)N2CC3(CC(c4nc(C5CC5)n[nH]4)C3)C2)CC1. The molecule has 0 aromatic carbocycles. The summed E-state index contributed by atoms with van der Waals surface area (Å²) in [4.78, 5) is 37.4. The molecule has 6 rings (SSSR count). The number of aromatic nitrogens is 4. The van der Waals surface area contributed by atoms with E-state index in [-0.39, 0.29) is 28.8 Å². The molecular formula is C24H30ClN7O3. The molecule has 186 valence electrons. The molecule has 11 heteroatoms. The molecule has 0 radical (unpaired) electrons. The van der Waals surface area contributed by atoms with Gasteiger partial charge in [-0.3, -0.25) is 9.89 Å². The molecule has 1 spiro atoms. The van der Waals surface area contributed by atoms with Gasteiger partial charge >= 0.3 is 6.03 Å². The van der Waals surface area contributed by atoms with Gasteiger partial charge in [-0.15, -0.1) is 0 Å². The van der Waals surface area contributed by atoms with Crippen molar-refractivity contribution in [3.8, 4) is 5.88 Å². The summed E-state index contributed by atoms with van der Waals surface area (Å²) in [7, 11) is 0. The fourth-order valence-corrected chi connectivity index (χ4v) is 5.89. The van der Waals surface area contributed by atoms with E-state index in [1.165, 1.54) is 25.1 Å². The van der Waals surface area contributed by atoms with Crippen molar-refractivity contribution in [2.24, 2.45) is 17.1 Å². The number of rotatable bonds is 6. The lowest BCUT2D eigenvalue weighted by molar-refractivity contribution is -0.0577. The number of nitrogens with two attached hydrogens (primary N) is 1. The van der Waals surface area contributed by atoms with Gasteiger partial charge in [0.1, 0.15) is 11.4 Å². The summed E-state index contributed by atoms with van der Waals surface area (Å²) in [6, 6.07) is 1.61. The Bertz CT molecular complexity index is 1130. The molecule has 2 aliphatic carbocycles. The minimum absolute atomic E-state index is 0.143. The molecule has 2 aromatic heterocycles. The van der Waals surface area contributed by atoms with Crippen molar-refractivity contribution in [1.29, 1.82) is 0 Å². The van der Waals surface area contributed by atoms with Gasteiger partial charge in [-0.05, 0) is 50.5 Å². The van der Waals surface area contributed by atoms with E-state index in [9.17, 15) is 9.59 Å². The lowest BCUT2D eigenvalue weighted by atomic mass is 9.57. The molecule has 4 fully saturated rings. The quantitative estimate of drug-likeness (QED) is 0.628. The number of pyridine rings is 1. The molecule has 2 aromatic rings. The summed E-state index contributed by atoms with van der Waals surface area (Å²) in [5.74, 6) is 2.91. The molecule has 10 nitrogen and oxygen atoms in total. The van der Waals surface area contributed by atoms with Gasteiger partial charge < -0.3 is 20.3 Å². The van der Waals surface area contributed by atoms with E-state index in [1.807, 2.05) is 9.80 Å². The maximum Gasteiger partial charge on any atom is 0.320 e. The van der Waals surface area contributed by atoms with Crippen LogP contribution in [-0.2, 0) is 0 Å². The van der Waals surface area contributed by atoms with Crippen molar-refractivity contribution in [2.75, 3.05) is 32.8 Å². The second-order valence-electron chi connectivity index (χ2n) is 10.7. The summed E-state index contributed by atoms with van der Waals surface area (Å²) in [5.41, 5.74) is 5.85. The van der Waals surface area contributed by atoms with E-state index >= 15 is 0 Å². The van der Waals surface area contributed by atoms with E-state index in [1.54, 1.807) is 0 Å². The molecule has 3 N–H and O–H groups in total. The maximum absolute atomic E-state index is 13.0. The van der Waals surface area contributed by atoms with Crippen LogP contribution < -0.4 is 10.5 Å². The number of nitrogens with zero attached hydrogens (tertiary/aromatic N) is 5. The average molecular weight is 500 g/mol. The Kier molecular flexibility index (Phi) is 5.58. The zero-order chi connectivity index (χ0) is 24.2. The number of hydrogen-bond acceptors (Lipinski definition) is 6. The third-order valence-corrected chi connectivity index (χ3v) is 8.16. The minimum atomic E-state index is -0.621. The predicted octanol–water partition coefficient (Wildman–Crippen LogP) is 2.92. The Morgan fingerprint density at radius 2 is 1.89 bits per heavy atom. The summed E-state index contributed by atoms with van der Waals surface area (Å²) < 4.78 is 5.79. The number of amides is 3. The van der Waals surface area contributed by atoms with E-state index in [2.05, 4.69) is 15.2 Å². The molecule has 2 aliphatic heterocycles. The molecular weight excluding hydrogens is 470 g/mol. The first-order valence-corrected chi connectivity index (χ1v) is 12.8. The summed E-state index contributed by atoms with van der Waals surface area (Å²) in [6.07, 6.45) is 7.73. The first-order valence-electron chi connectivity index (χ1n) is 12.4. The number of halogens is 1. The number of primary amides is 1. The van der Waals surface area contributed by atoms with Crippen molar-refractivity contribution >= 4 is 23.5 Å². The Morgan fingerprint density at radius 1 is 1.14 bits per heavy atom. The van der Waals surface area contributed by atoms with Gasteiger partial charge in [0.15, 0.2) is 5.82 Å². The third kappa shape index (κ3) is 4.44. The number of likely N-dealkylation sites (tertiary alicyclic amines) is 2. The van der Waals surface area contributed by atoms with Crippen LogP contribution in [0.3, 0.4) is 0 Å². The van der Waals surface area contributed by atoms with E-state index in [0.29, 0.717) is 36.6 Å². The first-order chi connectivity index (χ1) is 16.9. The van der Waals surface area contributed by atoms with Gasteiger partial charge in [-0.25, -0.2) is 14.8 Å². The monoisotopic (exact) mass is 499 g/mol. The van der Waals surface area contributed by atoms with Crippen molar-refractivity contribution in [3.63, 3.8) is 0 Å². The number of hydrogen-bond donors (Lipinski definition) is 2. The molecule has 0 atom stereocenters. The predicted molar refractivity (Wildman–Crippen MR) is 127 cm³/mol. The summed E-state index contributed by atoms with van der Waals surface area (Å²) in [5, 5.41) is 7.86. The highest BCUT2D eigenvalue weighted by Gasteiger charge is 2.55. The number of H-pyrrole nitrogens is 1. The van der Waals surface area contributed by atoms with Crippen LogP contribution in [0, 0.1) is 11.3 Å². The lowest BCUT2D eigenvalue weighted by Crippen LogP contribution is -2.65. The van der Waals surface area contributed by atoms with E-state index < -0.39 is 5.91 Å². The highest BCUT2D eigenvalue weighted by Crippen LogP contribution is 2.55. The second kappa shape index (κ2) is 8.65. The minimum Gasteiger partial charge on any atom is -0.477 e. The van der Waals surface area contributed by atoms with Crippen LogP contribution in [0.15, 0.2) is 12.3 Å². The molecule has 3 amide bonds. The Hall–Kier alpha value is -2.88. The van der Waals surface area contributed by atoms with Gasteiger partial charge in [0.05, 0.1) is 11.6 Å². The third-order valence-electron chi connectivity index (χ3n) is 7.96. The number of aromatic amines is 1. The smallest absolute Gasteiger partial charge is 0.320 e. The molecule has 0 bridgehead atoms. The van der Waals surface area contributed by atoms with Crippen molar-refractivity contribution in [1.82, 2.24) is 30.0 Å². The number of ether oxygens (including phenoxy) is 1. The molecule has 4 aliphatic rings. The summed E-state index contributed by atoms with van der Waals surface area (Å²) in [6.45, 7) is 3.52. The second-order valence-corrected chi connectivity index (χ2v) is 11.1. The molecule has 0 unspecified atom stereocenters. The van der Waals surface area contributed by atoms with Crippen LogP contribution in [0.2, 0.25) is 5.02 Å². The molecule has 2 saturated carbocycles. The van der Waals surface area contributed by atoms with Crippen LogP contribution in [0.25, 0.3) is 0 Å². The Labute approximate surface area is 208 Å². The normalized spacial score (nSPS) is 22.1. The summed E-state index contributed by atoms with van der Waals surface area (Å²) >= 11 is 5.90. The van der Waals surface area contributed by atoms with Gasteiger partial charge in [0, 0.05) is 49.6 Å². The van der Waals surface area contributed by atoms with Gasteiger partial charge in [0.25, 0.3) is 5.91 Å². The standard InChI is InChI=1S/C24H30ClN7O3/c25-17-7-18(19(26)33)22(27-10-17)35-11-14-3-5-31(6-4-14)23(34)32-12-24(13-32)8-16(9-24)21-28-20(29-30-21)15-1-2-15/h7,10,14-16H,1-6,8-9,11-13H2,(H2,26,33)(H,28,29,30). The average Bonchev–Trinajstić information content (AvgIpc) is 3.54. The number of nitrogens with one attached hydrogen (secondary N) is 1. The zero-order valence-electron chi connectivity index (χ0n) is 19.6. The van der Waals surface area contributed by atoms with Crippen LogP contribution >= 0.6 is 11.6 Å². The highest BCUT2D eigenvalue weighted by atomic mass is 35.5. The largest absolute Gasteiger partial charge is 0.477 e. The van der Waals surface area contributed by atoms with Crippen LogP contribution in [0.4, 0.5) is 4.79 Å². The number of urea groups is 1. The van der Waals surface area contributed by atoms with Crippen LogP contribution in [0.1, 0.15) is 72.4 Å². The van der Waals surface area contributed by atoms with Gasteiger partial charge in [0.2, 0.25) is 5.88 Å². The van der Waals surface area contributed by atoms with Crippen molar-refractivity contribution < 1.29 is 14.3 Å². The number of carbonyl (C=O) groups is 2.